The van der Waals surface area contributed by atoms with E-state index in [9.17, 15) is 0 Å². The minimum absolute atomic E-state index is 0.613. The summed E-state index contributed by atoms with van der Waals surface area (Å²) in [6.45, 7) is 2.71. The Bertz CT molecular complexity index is 498. The van der Waals surface area contributed by atoms with Crippen LogP contribution in [0.15, 0.2) is 46.3 Å². The van der Waals surface area contributed by atoms with Crippen molar-refractivity contribution in [2.24, 2.45) is 5.92 Å². The molecule has 0 fully saturated rings. The zero-order valence-corrected chi connectivity index (χ0v) is 14.8. The molecule has 2 aromatic rings. The third-order valence-electron chi connectivity index (χ3n) is 3.42. The SMILES string of the molecule is COCCNCC(Cc1ccc(Br)cc1)Cc1cccs1. The Morgan fingerprint density at radius 2 is 2.00 bits per heavy atom. The fourth-order valence-corrected chi connectivity index (χ4v) is 3.45. The van der Waals surface area contributed by atoms with Crippen molar-refractivity contribution in [1.29, 1.82) is 0 Å². The molecule has 0 amide bonds. The highest BCUT2D eigenvalue weighted by Gasteiger charge is 2.11. The highest BCUT2D eigenvalue weighted by atomic mass is 79.9. The lowest BCUT2D eigenvalue weighted by molar-refractivity contribution is 0.197. The van der Waals surface area contributed by atoms with Crippen LogP contribution in [0, 0.1) is 5.92 Å². The Kier molecular flexibility index (Phi) is 7.44. The van der Waals surface area contributed by atoms with Crippen molar-refractivity contribution in [2.75, 3.05) is 26.8 Å². The van der Waals surface area contributed by atoms with Crippen LogP contribution < -0.4 is 5.32 Å². The van der Waals surface area contributed by atoms with Crippen LogP contribution in [-0.2, 0) is 17.6 Å². The third kappa shape index (κ3) is 6.30. The van der Waals surface area contributed by atoms with Crippen molar-refractivity contribution in [3.05, 3.63) is 56.7 Å². The van der Waals surface area contributed by atoms with Gasteiger partial charge < -0.3 is 10.1 Å². The highest BCUT2D eigenvalue weighted by molar-refractivity contribution is 9.10. The summed E-state index contributed by atoms with van der Waals surface area (Å²) in [6, 6.07) is 13.0. The largest absolute Gasteiger partial charge is 0.383 e. The summed E-state index contributed by atoms with van der Waals surface area (Å²) in [6.07, 6.45) is 2.23. The minimum atomic E-state index is 0.613. The van der Waals surface area contributed by atoms with Gasteiger partial charge in [-0.25, -0.2) is 0 Å². The number of halogens is 1. The smallest absolute Gasteiger partial charge is 0.0587 e. The molecule has 1 unspecified atom stereocenters. The van der Waals surface area contributed by atoms with Gasteiger partial charge in [-0.2, -0.15) is 0 Å². The van der Waals surface area contributed by atoms with Crippen molar-refractivity contribution < 1.29 is 4.74 Å². The van der Waals surface area contributed by atoms with E-state index in [1.807, 2.05) is 11.3 Å². The molecule has 0 saturated carbocycles. The average molecular weight is 368 g/mol. The van der Waals surface area contributed by atoms with E-state index in [1.54, 1.807) is 7.11 Å². The predicted octanol–water partition coefficient (Wildman–Crippen LogP) is 4.15. The van der Waals surface area contributed by atoms with E-state index >= 15 is 0 Å². The molecule has 114 valence electrons. The van der Waals surface area contributed by atoms with Crippen LogP contribution in [0.2, 0.25) is 0 Å². The molecule has 2 nitrogen and oxygen atoms in total. The predicted molar refractivity (Wildman–Crippen MR) is 94.1 cm³/mol. The lowest BCUT2D eigenvalue weighted by Gasteiger charge is -2.17. The number of methoxy groups -OCH3 is 1. The number of ether oxygens (including phenoxy) is 1. The lowest BCUT2D eigenvalue weighted by Crippen LogP contribution is -2.28. The summed E-state index contributed by atoms with van der Waals surface area (Å²) in [5, 5.41) is 5.66. The van der Waals surface area contributed by atoms with Crippen LogP contribution in [0.1, 0.15) is 10.4 Å². The second-order valence-electron chi connectivity index (χ2n) is 5.18. The molecule has 1 aromatic heterocycles. The first-order chi connectivity index (χ1) is 10.3. The van der Waals surface area contributed by atoms with Gasteiger partial charge in [-0.05, 0) is 54.4 Å². The monoisotopic (exact) mass is 367 g/mol. The van der Waals surface area contributed by atoms with Crippen molar-refractivity contribution in [3.8, 4) is 0 Å². The minimum Gasteiger partial charge on any atom is -0.383 e. The van der Waals surface area contributed by atoms with Crippen LogP contribution in [0.4, 0.5) is 0 Å². The molecule has 0 saturated heterocycles. The van der Waals surface area contributed by atoms with Crippen LogP contribution >= 0.6 is 27.3 Å². The maximum absolute atomic E-state index is 5.10. The quantitative estimate of drug-likeness (QED) is 0.672. The van der Waals surface area contributed by atoms with Gasteiger partial charge in [0, 0.05) is 23.0 Å². The summed E-state index contributed by atoms with van der Waals surface area (Å²) in [7, 11) is 1.74. The second kappa shape index (κ2) is 9.36. The lowest BCUT2D eigenvalue weighted by atomic mass is 9.95. The van der Waals surface area contributed by atoms with Crippen LogP contribution in [-0.4, -0.2) is 26.8 Å². The van der Waals surface area contributed by atoms with Gasteiger partial charge in [-0.1, -0.05) is 34.1 Å². The number of hydrogen-bond acceptors (Lipinski definition) is 3. The molecule has 1 aromatic carbocycles. The van der Waals surface area contributed by atoms with Crippen LogP contribution in [0.3, 0.4) is 0 Å². The van der Waals surface area contributed by atoms with Gasteiger partial charge in [0.2, 0.25) is 0 Å². The Morgan fingerprint density at radius 3 is 2.67 bits per heavy atom. The van der Waals surface area contributed by atoms with Gasteiger partial charge >= 0.3 is 0 Å². The van der Waals surface area contributed by atoms with Crippen LogP contribution in [0.25, 0.3) is 0 Å². The van der Waals surface area contributed by atoms with E-state index in [0.717, 1.165) is 37.0 Å². The molecule has 1 N–H and O–H groups in total. The Balaban J connectivity index is 1.91. The Morgan fingerprint density at radius 1 is 1.19 bits per heavy atom. The zero-order valence-electron chi connectivity index (χ0n) is 12.3. The van der Waals surface area contributed by atoms with Crippen LogP contribution in [0.5, 0.6) is 0 Å². The topological polar surface area (TPSA) is 21.3 Å². The summed E-state index contributed by atoms with van der Waals surface area (Å²) < 4.78 is 6.23. The second-order valence-corrected chi connectivity index (χ2v) is 7.12. The molecule has 0 aliphatic carbocycles. The summed E-state index contributed by atoms with van der Waals surface area (Å²) in [4.78, 5) is 1.46. The van der Waals surface area contributed by atoms with E-state index < -0.39 is 0 Å². The number of rotatable bonds is 9. The molecule has 4 heteroatoms. The Hall–Kier alpha value is -0.680. The van der Waals surface area contributed by atoms with Gasteiger partial charge in [0.1, 0.15) is 0 Å². The van der Waals surface area contributed by atoms with E-state index in [1.165, 1.54) is 10.4 Å². The number of thiophene rings is 1. The Labute approximate surface area is 139 Å². The van der Waals surface area contributed by atoms with E-state index in [2.05, 4.69) is 63.0 Å². The molecule has 2 rings (SSSR count). The van der Waals surface area contributed by atoms with Crippen molar-refractivity contribution in [2.45, 2.75) is 12.8 Å². The molecule has 0 spiro atoms. The van der Waals surface area contributed by atoms with Crippen molar-refractivity contribution >= 4 is 27.3 Å². The van der Waals surface area contributed by atoms with Gasteiger partial charge in [-0.15, -0.1) is 11.3 Å². The van der Waals surface area contributed by atoms with Crippen molar-refractivity contribution in [3.63, 3.8) is 0 Å². The number of hydrogen-bond donors (Lipinski definition) is 1. The molecular formula is C17H22BrNOS. The maximum Gasteiger partial charge on any atom is 0.0587 e. The van der Waals surface area contributed by atoms with Gasteiger partial charge in [0.05, 0.1) is 6.61 Å². The van der Waals surface area contributed by atoms with Crippen molar-refractivity contribution in [1.82, 2.24) is 5.32 Å². The highest BCUT2D eigenvalue weighted by Crippen LogP contribution is 2.19. The first-order valence-corrected chi connectivity index (χ1v) is 8.91. The molecule has 0 aliphatic heterocycles. The maximum atomic E-state index is 5.10. The van der Waals surface area contributed by atoms with Gasteiger partial charge in [0.15, 0.2) is 0 Å². The first-order valence-electron chi connectivity index (χ1n) is 7.24. The fraction of sp³-hybridized carbons (Fsp3) is 0.412. The summed E-state index contributed by atoms with van der Waals surface area (Å²) in [5.74, 6) is 0.613. The number of benzene rings is 1. The molecule has 1 atom stereocenters. The number of nitrogens with one attached hydrogen (secondary N) is 1. The van der Waals surface area contributed by atoms with E-state index in [0.29, 0.717) is 5.92 Å². The third-order valence-corrected chi connectivity index (χ3v) is 4.85. The summed E-state index contributed by atoms with van der Waals surface area (Å²) >= 11 is 5.34. The molecule has 21 heavy (non-hydrogen) atoms. The van der Waals surface area contributed by atoms with Gasteiger partial charge in [-0.3, -0.25) is 0 Å². The standard InChI is InChI=1S/C17H22BrNOS/c1-20-9-8-19-13-15(12-17-3-2-10-21-17)11-14-4-6-16(18)7-5-14/h2-7,10,15,19H,8-9,11-13H2,1H3. The molecule has 0 radical (unpaired) electrons. The molecule has 1 heterocycles. The van der Waals surface area contributed by atoms with Gasteiger partial charge in [0.25, 0.3) is 0 Å². The average Bonchev–Trinajstić information content (AvgIpc) is 2.99. The summed E-state index contributed by atoms with van der Waals surface area (Å²) in [5.41, 5.74) is 1.40. The normalized spacial score (nSPS) is 12.5. The zero-order chi connectivity index (χ0) is 14.9. The fourth-order valence-electron chi connectivity index (χ4n) is 2.36. The van der Waals surface area contributed by atoms with E-state index in [-0.39, 0.29) is 0 Å². The molecule has 0 aliphatic rings. The first kappa shape index (κ1) is 16.7. The molecule has 0 bridgehead atoms. The van der Waals surface area contributed by atoms with E-state index in [4.69, 9.17) is 4.74 Å². The molecular weight excluding hydrogens is 346 g/mol.